The average Bonchev–Trinajstić information content (AvgIpc) is 3.09. The molecule has 84 valence electrons. The molecule has 0 N–H and O–H groups in total. The Morgan fingerprint density at radius 1 is 1.19 bits per heavy atom. The molecule has 1 aromatic rings. The highest BCUT2D eigenvalue weighted by atomic mass is 35.5. The van der Waals surface area contributed by atoms with Crippen molar-refractivity contribution >= 4 is 17.9 Å². The highest BCUT2D eigenvalue weighted by Crippen LogP contribution is 2.51. The lowest BCUT2D eigenvalue weighted by Crippen LogP contribution is -2.17. The van der Waals surface area contributed by atoms with Crippen LogP contribution < -0.4 is 9.47 Å². The largest absolute Gasteiger partial charge is 0.486 e. The van der Waals surface area contributed by atoms with Gasteiger partial charge in [-0.2, -0.15) is 0 Å². The third-order valence-electron chi connectivity index (χ3n) is 3.18. The Bertz CT molecular complexity index is 452. The zero-order valence-corrected chi connectivity index (χ0v) is 9.42. The summed E-state index contributed by atoms with van der Waals surface area (Å²) in [4.78, 5) is 11.1. The Kier molecular flexibility index (Phi) is 2.11. The van der Waals surface area contributed by atoms with E-state index in [2.05, 4.69) is 0 Å². The first-order chi connectivity index (χ1) is 7.75. The lowest BCUT2D eigenvalue weighted by molar-refractivity contribution is -0.109. The van der Waals surface area contributed by atoms with Gasteiger partial charge in [0.25, 0.3) is 0 Å². The Morgan fingerprint density at radius 2 is 1.81 bits per heavy atom. The number of halogens is 1. The average molecular weight is 239 g/mol. The van der Waals surface area contributed by atoms with Gasteiger partial charge >= 0.3 is 0 Å². The Hall–Kier alpha value is -1.22. The quantitative estimate of drug-likeness (QED) is 0.742. The standard InChI is InChI=1S/C12H11ClO3/c13-9-6-11-10(15-3-4-16-11)5-8(9)12(7-14)1-2-12/h5-7H,1-4H2. The van der Waals surface area contributed by atoms with Crippen LogP contribution in [0, 0.1) is 0 Å². The maximum atomic E-state index is 11.1. The van der Waals surface area contributed by atoms with Crippen molar-refractivity contribution in [2.75, 3.05) is 13.2 Å². The van der Waals surface area contributed by atoms with Crippen LogP contribution in [-0.4, -0.2) is 19.5 Å². The van der Waals surface area contributed by atoms with Crippen LogP contribution in [0.4, 0.5) is 0 Å². The Balaban J connectivity index is 2.09. The van der Waals surface area contributed by atoms with E-state index in [1.165, 1.54) is 0 Å². The Labute approximate surface area is 98.3 Å². The summed E-state index contributed by atoms with van der Waals surface area (Å²) in [6.45, 7) is 1.09. The molecule has 1 heterocycles. The van der Waals surface area contributed by atoms with E-state index >= 15 is 0 Å². The number of benzene rings is 1. The van der Waals surface area contributed by atoms with Crippen molar-refractivity contribution in [2.24, 2.45) is 0 Å². The van der Waals surface area contributed by atoms with E-state index in [0.29, 0.717) is 29.7 Å². The number of ether oxygens (including phenoxy) is 2. The van der Waals surface area contributed by atoms with Crippen molar-refractivity contribution in [2.45, 2.75) is 18.3 Å². The van der Waals surface area contributed by atoms with Crippen LogP contribution in [0.3, 0.4) is 0 Å². The second kappa shape index (κ2) is 3.39. The van der Waals surface area contributed by atoms with Gasteiger partial charge < -0.3 is 14.3 Å². The van der Waals surface area contributed by atoms with Crippen LogP contribution in [0.25, 0.3) is 0 Å². The lowest BCUT2D eigenvalue weighted by Gasteiger charge is -2.21. The number of hydrogen-bond donors (Lipinski definition) is 0. The van der Waals surface area contributed by atoms with Crippen LogP contribution >= 0.6 is 11.6 Å². The third-order valence-corrected chi connectivity index (χ3v) is 3.50. The maximum Gasteiger partial charge on any atom is 0.162 e. The van der Waals surface area contributed by atoms with Crippen molar-refractivity contribution in [3.05, 3.63) is 22.7 Å². The number of fused-ring (bicyclic) bond motifs is 1. The van der Waals surface area contributed by atoms with Gasteiger partial charge in [0.2, 0.25) is 0 Å². The van der Waals surface area contributed by atoms with E-state index in [4.69, 9.17) is 21.1 Å². The predicted molar refractivity (Wildman–Crippen MR) is 59.4 cm³/mol. The monoisotopic (exact) mass is 238 g/mol. The summed E-state index contributed by atoms with van der Waals surface area (Å²) < 4.78 is 10.9. The molecule has 4 heteroatoms. The molecule has 0 saturated heterocycles. The van der Waals surface area contributed by atoms with Crippen LogP contribution in [0.5, 0.6) is 11.5 Å². The van der Waals surface area contributed by atoms with Gasteiger partial charge in [-0.3, -0.25) is 0 Å². The number of carbonyl (C=O) groups is 1. The number of rotatable bonds is 2. The lowest BCUT2D eigenvalue weighted by atomic mass is 9.97. The zero-order valence-electron chi connectivity index (χ0n) is 8.66. The fourth-order valence-electron chi connectivity index (χ4n) is 2.03. The molecule has 0 spiro atoms. The van der Waals surface area contributed by atoms with Crippen molar-refractivity contribution in [3.8, 4) is 11.5 Å². The highest BCUT2D eigenvalue weighted by Gasteiger charge is 2.46. The van der Waals surface area contributed by atoms with Gasteiger partial charge in [0, 0.05) is 11.1 Å². The van der Waals surface area contributed by atoms with Crippen LogP contribution in [0.1, 0.15) is 18.4 Å². The summed E-state index contributed by atoms with van der Waals surface area (Å²) in [7, 11) is 0. The highest BCUT2D eigenvalue weighted by molar-refractivity contribution is 6.32. The molecule has 2 aliphatic rings. The molecule has 1 fully saturated rings. The van der Waals surface area contributed by atoms with Gasteiger partial charge in [-0.1, -0.05) is 11.6 Å². The van der Waals surface area contributed by atoms with Crippen molar-refractivity contribution in [3.63, 3.8) is 0 Å². The molecule has 0 atom stereocenters. The maximum absolute atomic E-state index is 11.1. The summed E-state index contributed by atoms with van der Waals surface area (Å²) in [5, 5.41) is 0.592. The molecule has 1 aromatic carbocycles. The second-order valence-corrected chi connectivity index (χ2v) is 4.66. The van der Waals surface area contributed by atoms with Gasteiger partial charge in [-0.25, -0.2) is 0 Å². The molecular weight excluding hydrogens is 228 g/mol. The molecule has 16 heavy (non-hydrogen) atoms. The third kappa shape index (κ3) is 1.39. The molecule has 0 radical (unpaired) electrons. The van der Waals surface area contributed by atoms with Gasteiger partial charge in [-0.15, -0.1) is 0 Å². The first kappa shape index (κ1) is 9.97. The Morgan fingerprint density at radius 3 is 2.38 bits per heavy atom. The van der Waals surface area contributed by atoms with Gasteiger partial charge in [0.1, 0.15) is 19.5 Å². The summed E-state index contributed by atoms with van der Waals surface area (Å²) in [5.74, 6) is 1.36. The van der Waals surface area contributed by atoms with E-state index in [9.17, 15) is 4.79 Å². The van der Waals surface area contributed by atoms with Crippen LogP contribution in [-0.2, 0) is 10.2 Å². The normalized spacial score (nSPS) is 20.3. The van der Waals surface area contributed by atoms with Gasteiger partial charge in [-0.05, 0) is 24.5 Å². The number of hydrogen-bond acceptors (Lipinski definition) is 3. The van der Waals surface area contributed by atoms with Crippen molar-refractivity contribution < 1.29 is 14.3 Å². The summed E-state index contributed by atoms with van der Waals surface area (Å²) in [6.07, 6.45) is 2.73. The van der Waals surface area contributed by atoms with Crippen LogP contribution in [0.15, 0.2) is 12.1 Å². The van der Waals surface area contributed by atoms with E-state index < -0.39 is 0 Å². The molecule has 0 unspecified atom stereocenters. The second-order valence-electron chi connectivity index (χ2n) is 4.25. The minimum Gasteiger partial charge on any atom is -0.486 e. The van der Waals surface area contributed by atoms with Crippen LogP contribution in [0.2, 0.25) is 5.02 Å². The number of aldehydes is 1. The summed E-state index contributed by atoms with van der Waals surface area (Å²) in [6, 6.07) is 3.59. The topological polar surface area (TPSA) is 35.5 Å². The minimum atomic E-state index is -0.368. The van der Waals surface area contributed by atoms with Gasteiger partial charge in [0.05, 0.1) is 5.41 Å². The number of carbonyl (C=O) groups excluding carboxylic acids is 1. The minimum absolute atomic E-state index is 0.368. The molecule has 1 aliphatic heterocycles. The van der Waals surface area contributed by atoms with Crippen molar-refractivity contribution in [1.29, 1.82) is 0 Å². The smallest absolute Gasteiger partial charge is 0.162 e. The molecule has 0 aromatic heterocycles. The van der Waals surface area contributed by atoms with E-state index in [-0.39, 0.29) is 5.41 Å². The fraction of sp³-hybridized carbons (Fsp3) is 0.417. The predicted octanol–water partition coefficient (Wildman–Crippen LogP) is 2.34. The summed E-state index contributed by atoms with van der Waals surface area (Å²) in [5.41, 5.74) is 0.501. The molecule has 0 bridgehead atoms. The van der Waals surface area contributed by atoms with Crippen molar-refractivity contribution in [1.82, 2.24) is 0 Å². The molecule has 3 nitrogen and oxygen atoms in total. The first-order valence-electron chi connectivity index (χ1n) is 5.31. The fourth-order valence-corrected chi connectivity index (χ4v) is 2.37. The van der Waals surface area contributed by atoms with Gasteiger partial charge in [0.15, 0.2) is 11.5 Å². The van der Waals surface area contributed by atoms with E-state index in [1.54, 1.807) is 6.07 Å². The zero-order chi connectivity index (χ0) is 11.2. The first-order valence-corrected chi connectivity index (χ1v) is 5.69. The molecule has 1 aliphatic carbocycles. The molecule has 1 saturated carbocycles. The SMILES string of the molecule is O=CC1(c2cc3c(cc2Cl)OCCO3)CC1. The molecular formula is C12H11ClO3. The molecule has 3 rings (SSSR count). The summed E-state index contributed by atoms with van der Waals surface area (Å²) >= 11 is 6.17. The van der Waals surface area contributed by atoms with E-state index in [0.717, 1.165) is 24.7 Å². The van der Waals surface area contributed by atoms with E-state index in [1.807, 2.05) is 6.07 Å². The molecule has 0 amide bonds.